The summed E-state index contributed by atoms with van der Waals surface area (Å²) in [6, 6.07) is 0.539. The monoisotopic (exact) mass is 275 g/mol. The number of hydrogen-bond donors (Lipinski definition) is 1. The Kier molecular flexibility index (Phi) is 3.04. The molecule has 0 spiro atoms. The quantitative estimate of drug-likeness (QED) is 0.897. The molecule has 0 bridgehead atoms. The highest BCUT2D eigenvalue weighted by Gasteiger charge is 2.27. The maximum atomic E-state index is 11.2. The Balaban J connectivity index is 1.94. The standard InChI is InChI=1S/C13H17N5O2/c1-8(2)12-11(13(19)20)15-16-18(12)6-10-5-14-7-17(10)9-3-4-9/h5,7-9H,3-4,6H2,1-2H3,(H,19,20). The Morgan fingerprint density at radius 2 is 2.25 bits per heavy atom. The molecule has 1 saturated carbocycles. The molecule has 106 valence electrons. The zero-order valence-electron chi connectivity index (χ0n) is 11.5. The summed E-state index contributed by atoms with van der Waals surface area (Å²) < 4.78 is 3.82. The predicted molar refractivity (Wildman–Crippen MR) is 70.7 cm³/mol. The molecule has 1 fully saturated rings. The van der Waals surface area contributed by atoms with E-state index < -0.39 is 5.97 Å². The normalized spacial score (nSPS) is 14.9. The summed E-state index contributed by atoms with van der Waals surface area (Å²) in [5, 5.41) is 17.0. The van der Waals surface area contributed by atoms with Gasteiger partial charge in [0.1, 0.15) is 0 Å². The van der Waals surface area contributed by atoms with Gasteiger partial charge in [-0.2, -0.15) is 0 Å². The second kappa shape index (κ2) is 4.73. The average Bonchev–Trinajstić information content (AvgIpc) is 2.97. The fourth-order valence-corrected chi connectivity index (χ4v) is 2.45. The van der Waals surface area contributed by atoms with Gasteiger partial charge in [-0.25, -0.2) is 14.5 Å². The number of aromatic carboxylic acids is 1. The smallest absolute Gasteiger partial charge is 0.358 e. The molecule has 0 atom stereocenters. The molecule has 0 radical (unpaired) electrons. The predicted octanol–water partition coefficient (Wildman–Crippen LogP) is 1.68. The van der Waals surface area contributed by atoms with Crippen LogP contribution in [-0.2, 0) is 6.54 Å². The van der Waals surface area contributed by atoms with Crippen LogP contribution in [0.3, 0.4) is 0 Å². The van der Waals surface area contributed by atoms with Gasteiger partial charge in [-0.1, -0.05) is 19.1 Å². The highest BCUT2D eigenvalue weighted by molar-refractivity contribution is 5.86. The van der Waals surface area contributed by atoms with Crippen LogP contribution in [0.25, 0.3) is 0 Å². The van der Waals surface area contributed by atoms with Crippen LogP contribution in [-0.4, -0.2) is 35.6 Å². The van der Waals surface area contributed by atoms with Crippen LogP contribution in [0.4, 0.5) is 0 Å². The van der Waals surface area contributed by atoms with Gasteiger partial charge >= 0.3 is 5.97 Å². The Hall–Kier alpha value is -2.18. The highest BCUT2D eigenvalue weighted by Crippen LogP contribution is 2.35. The minimum Gasteiger partial charge on any atom is -0.476 e. The van der Waals surface area contributed by atoms with Crippen molar-refractivity contribution in [1.82, 2.24) is 24.5 Å². The first-order valence-corrected chi connectivity index (χ1v) is 6.75. The minimum atomic E-state index is -1.03. The van der Waals surface area contributed by atoms with Crippen molar-refractivity contribution in [2.75, 3.05) is 0 Å². The maximum Gasteiger partial charge on any atom is 0.358 e. The van der Waals surface area contributed by atoms with Crippen molar-refractivity contribution in [2.45, 2.75) is 45.2 Å². The zero-order valence-corrected chi connectivity index (χ0v) is 11.5. The average molecular weight is 275 g/mol. The molecule has 1 N–H and O–H groups in total. The summed E-state index contributed by atoms with van der Waals surface area (Å²) in [4.78, 5) is 15.4. The van der Waals surface area contributed by atoms with Crippen molar-refractivity contribution < 1.29 is 9.90 Å². The molecule has 0 aromatic carbocycles. The summed E-state index contributed by atoms with van der Waals surface area (Å²) in [6.45, 7) is 4.39. The Labute approximate surface area is 116 Å². The number of imidazole rings is 1. The molecule has 1 aliphatic carbocycles. The van der Waals surface area contributed by atoms with Crippen molar-refractivity contribution in [1.29, 1.82) is 0 Å². The van der Waals surface area contributed by atoms with Gasteiger partial charge in [0.05, 0.1) is 30.5 Å². The largest absolute Gasteiger partial charge is 0.476 e. The Bertz CT molecular complexity index is 639. The van der Waals surface area contributed by atoms with Crippen molar-refractivity contribution in [2.24, 2.45) is 0 Å². The number of aromatic nitrogens is 5. The van der Waals surface area contributed by atoms with Crippen LogP contribution in [0.2, 0.25) is 0 Å². The molecular weight excluding hydrogens is 258 g/mol. The van der Waals surface area contributed by atoms with E-state index in [0.29, 0.717) is 18.3 Å². The number of nitrogens with zero attached hydrogens (tertiary/aromatic N) is 5. The molecule has 0 unspecified atom stereocenters. The molecule has 7 nitrogen and oxygen atoms in total. The van der Waals surface area contributed by atoms with E-state index in [-0.39, 0.29) is 11.6 Å². The van der Waals surface area contributed by atoms with Crippen LogP contribution in [0, 0.1) is 0 Å². The first kappa shape index (κ1) is 12.8. The summed E-state index contributed by atoms with van der Waals surface area (Å²) in [5.41, 5.74) is 1.73. The van der Waals surface area contributed by atoms with Crippen LogP contribution in [0.15, 0.2) is 12.5 Å². The number of carbonyl (C=O) groups is 1. The lowest BCUT2D eigenvalue weighted by Crippen LogP contribution is -2.13. The molecule has 7 heteroatoms. The molecule has 1 aliphatic rings. The van der Waals surface area contributed by atoms with Crippen molar-refractivity contribution in [3.63, 3.8) is 0 Å². The lowest BCUT2D eigenvalue weighted by Gasteiger charge is -2.11. The summed E-state index contributed by atoms with van der Waals surface area (Å²) in [7, 11) is 0. The van der Waals surface area contributed by atoms with E-state index in [1.54, 1.807) is 4.68 Å². The van der Waals surface area contributed by atoms with E-state index in [4.69, 9.17) is 0 Å². The van der Waals surface area contributed by atoms with Gasteiger partial charge in [0.2, 0.25) is 0 Å². The Morgan fingerprint density at radius 1 is 1.50 bits per heavy atom. The fourth-order valence-electron chi connectivity index (χ4n) is 2.45. The van der Waals surface area contributed by atoms with Crippen LogP contribution in [0.1, 0.15) is 60.5 Å². The fraction of sp³-hybridized carbons (Fsp3) is 0.538. The first-order chi connectivity index (χ1) is 9.58. The zero-order chi connectivity index (χ0) is 14.3. The van der Waals surface area contributed by atoms with Gasteiger partial charge in [0.25, 0.3) is 0 Å². The van der Waals surface area contributed by atoms with E-state index in [9.17, 15) is 9.90 Å². The van der Waals surface area contributed by atoms with Crippen molar-refractivity contribution >= 4 is 5.97 Å². The van der Waals surface area contributed by atoms with Gasteiger partial charge in [0.15, 0.2) is 5.69 Å². The van der Waals surface area contributed by atoms with E-state index >= 15 is 0 Å². The second-order valence-electron chi connectivity index (χ2n) is 5.46. The molecule has 0 saturated heterocycles. The van der Waals surface area contributed by atoms with Gasteiger partial charge in [-0.05, 0) is 18.8 Å². The number of hydrogen-bond acceptors (Lipinski definition) is 4. The number of carboxylic acid groups (broad SMARTS) is 1. The van der Waals surface area contributed by atoms with Crippen molar-refractivity contribution in [3.8, 4) is 0 Å². The maximum absolute atomic E-state index is 11.2. The second-order valence-corrected chi connectivity index (χ2v) is 5.46. The molecular formula is C13H17N5O2. The van der Waals surface area contributed by atoms with E-state index in [2.05, 4.69) is 19.9 Å². The topological polar surface area (TPSA) is 85.8 Å². The minimum absolute atomic E-state index is 0.0393. The summed E-state index contributed by atoms with van der Waals surface area (Å²) >= 11 is 0. The summed E-state index contributed by atoms with van der Waals surface area (Å²) in [5.74, 6) is -0.982. The lowest BCUT2D eigenvalue weighted by atomic mass is 10.1. The first-order valence-electron chi connectivity index (χ1n) is 6.75. The molecule has 20 heavy (non-hydrogen) atoms. The van der Waals surface area contributed by atoms with Gasteiger partial charge < -0.3 is 9.67 Å². The highest BCUT2D eigenvalue weighted by atomic mass is 16.4. The van der Waals surface area contributed by atoms with Gasteiger partial charge in [0, 0.05) is 6.04 Å². The SMILES string of the molecule is CC(C)c1c(C(=O)O)nnn1Cc1cncn1C1CC1. The molecule has 0 amide bonds. The van der Waals surface area contributed by atoms with Crippen LogP contribution >= 0.6 is 0 Å². The van der Waals surface area contributed by atoms with Crippen LogP contribution < -0.4 is 0 Å². The molecule has 2 heterocycles. The molecule has 2 aromatic rings. The Morgan fingerprint density at radius 3 is 2.85 bits per heavy atom. The summed E-state index contributed by atoms with van der Waals surface area (Å²) in [6.07, 6.45) is 6.00. The van der Waals surface area contributed by atoms with Gasteiger partial charge in [-0.3, -0.25) is 0 Å². The van der Waals surface area contributed by atoms with E-state index in [1.807, 2.05) is 26.4 Å². The number of rotatable bonds is 5. The molecule has 2 aromatic heterocycles. The third-order valence-electron chi connectivity index (χ3n) is 3.52. The molecule has 3 rings (SSSR count). The third-order valence-corrected chi connectivity index (χ3v) is 3.52. The molecule has 0 aliphatic heterocycles. The number of carboxylic acids is 1. The van der Waals surface area contributed by atoms with Crippen LogP contribution in [0.5, 0.6) is 0 Å². The van der Waals surface area contributed by atoms with Gasteiger partial charge in [-0.15, -0.1) is 5.10 Å². The van der Waals surface area contributed by atoms with E-state index in [0.717, 1.165) is 5.69 Å². The third kappa shape index (κ3) is 2.19. The van der Waals surface area contributed by atoms with Crippen molar-refractivity contribution in [3.05, 3.63) is 29.6 Å². The lowest BCUT2D eigenvalue weighted by molar-refractivity contribution is 0.0688. The van der Waals surface area contributed by atoms with E-state index in [1.165, 1.54) is 12.8 Å².